The quantitative estimate of drug-likeness (QED) is 0.561. The molecule has 0 saturated heterocycles. The van der Waals surface area contributed by atoms with Gasteiger partial charge in [-0.1, -0.05) is 18.2 Å². The van der Waals surface area contributed by atoms with Crippen molar-refractivity contribution in [1.29, 1.82) is 0 Å². The maximum absolute atomic E-state index is 5.68. The second-order valence-electron chi connectivity index (χ2n) is 4.53. The Hall–Kier alpha value is -3.08. The number of fused-ring (bicyclic) bond motifs is 2. The van der Waals surface area contributed by atoms with Crippen LogP contribution in [0.1, 0.15) is 0 Å². The lowest BCUT2D eigenvalue weighted by molar-refractivity contribution is 0.443. The normalized spacial score (nSPS) is 10.9. The molecule has 5 nitrogen and oxygen atoms in total. The van der Waals surface area contributed by atoms with Gasteiger partial charge in [-0.05, 0) is 24.3 Å². The van der Waals surface area contributed by atoms with Crippen molar-refractivity contribution in [2.45, 2.75) is 0 Å². The lowest BCUT2D eigenvalue weighted by Gasteiger charge is -2.05. The first-order valence-electron chi connectivity index (χ1n) is 6.49. The van der Waals surface area contributed by atoms with Crippen LogP contribution in [0.15, 0.2) is 61.1 Å². The number of ether oxygens (including phenoxy) is 1. The summed E-state index contributed by atoms with van der Waals surface area (Å²) in [7, 11) is 0. The molecule has 4 rings (SSSR count). The number of aromatic nitrogens is 4. The Labute approximate surface area is 120 Å². The number of benzene rings is 1. The Morgan fingerprint density at radius 3 is 2.71 bits per heavy atom. The van der Waals surface area contributed by atoms with E-state index >= 15 is 0 Å². The first kappa shape index (κ1) is 11.7. The van der Waals surface area contributed by atoms with Crippen LogP contribution < -0.4 is 4.74 Å². The van der Waals surface area contributed by atoms with Gasteiger partial charge in [0.15, 0.2) is 5.65 Å². The zero-order valence-corrected chi connectivity index (χ0v) is 11.0. The third kappa shape index (κ3) is 2.25. The predicted octanol–water partition coefficient (Wildman–Crippen LogP) is 3.37. The molecule has 0 aliphatic carbocycles. The van der Waals surface area contributed by atoms with Crippen LogP contribution >= 0.6 is 0 Å². The van der Waals surface area contributed by atoms with Crippen molar-refractivity contribution < 1.29 is 4.74 Å². The predicted molar refractivity (Wildman–Crippen MR) is 79.2 cm³/mol. The molecule has 0 aliphatic heterocycles. The molecule has 0 saturated carbocycles. The van der Waals surface area contributed by atoms with E-state index in [-0.39, 0.29) is 0 Å². The molecule has 0 N–H and O–H groups in total. The molecule has 0 radical (unpaired) electrons. The molecule has 0 bridgehead atoms. The molecular formula is C16H10N4O. The monoisotopic (exact) mass is 274 g/mol. The smallest absolute Gasteiger partial charge is 0.322 e. The van der Waals surface area contributed by atoms with E-state index in [1.165, 1.54) is 0 Å². The first-order chi connectivity index (χ1) is 10.4. The van der Waals surface area contributed by atoms with E-state index in [4.69, 9.17) is 4.74 Å². The fourth-order valence-electron chi connectivity index (χ4n) is 2.11. The summed E-state index contributed by atoms with van der Waals surface area (Å²) >= 11 is 0. The van der Waals surface area contributed by atoms with Crippen LogP contribution in [-0.4, -0.2) is 19.9 Å². The number of hydrogen-bond acceptors (Lipinski definition) is 5. The number of nitrogens with zero attached hydrogens (tertiary/aromatic N) is 4. The molecular weight excluding hydrogens is 264 g/mol. The van der Waals surface area contributed by atoms with Gasteiger partial charge in [-0.2, -0.15) is 4.98 Å². The van der Waals surface area contributed by atoms with Crippen molar-refractivity contribution in [3.63, 3.8) is 0 Å². The fraction of sp³-hybridized carbons (Fsp3) is 0. The molecule has 0 unspecified atom stereocenters. The van der Waals surface area contributed by atoms with Crippen LogP contribution in [0.3, 0.4) is 0 Å². The number of hydrogen-bond donors (Lipinski definition) is 0. The third-order valence-electron chi connectivity index (χ3n) is 3.10. The lowest BCUT2D eigenvalue weighted by Crippen LogP contribution is -1.93. The van der Waals surface area contributed by atoms with Gasteiger partial charge < -0.3 is 4.74 Å². The molecule has 1 aromatic carbocycles. The molecule has 5 heteroatoms. The Morgan fingerprint density at radius 1 is 0.810 bits per heavy atom. The first-order valence-corrected chi connectivity index (χ1v) is 6.49. The van der Waals surface area contributed by atoms with Gasteiger partial charge in [0.1, 0.15) is 5.75 Å². The average Bonchev–Trinajstić information content (AvgIpc) is 2.55. The van der Waals surface area contributed by atoms with Crippen LogP contribution in [0.4, 0.5) is 0 Å². The van der Waals surface area contributed by atoms with Crippen molar-refractivity contribution in [3.8, 4) is 11.8 Å². The summed E-state index contributed by atoms with van der Waals surface area (Å²) in [6.45, 7) is 0. The molecule has 21 heavy (non-hydrogen) atoms. The number of para-hydroxylation sites is 1. The minimum atomic E-state index is 0.304. The second-order valence-corrected chi connectivity index (χ2v) is 4.53. The van der Waals surface area contributed by atoms with E-state index in [2.05, 4.69) is 19.9 Å². The van der Waals surface area contributed by atoms with Crippen molar-refractivity contribution in [2.24, 2.45) is 0 Å². The molecule has 0 fully saturated rings. The van der Waals surface area contributed by atoms with Crippen LogP contribution in [0.25, 0.3) is 21.9 Å². The summed E-state index contributed by atoms with van der Waals surface area (Å²) in [6.07, 6.45) is 5.07. The molecule has 3 heterocycles. The van der Waals surface area contributed by atoms with Crippen LogP contribution in [0.2, 0.25) is 0 Å². The maximum atomic E-state index is 5.68. The Morgan fingerprint density at radius 2 is 1.71 bits per heavy atom. The number of pyridine rings is 2. The Kier molecular flexibility index (Phi) is 2.67. The van der Waals surface area contributed by atoms with Gasteiger partial charge in [0.05, 0.1) is 11.7 Å². The SMILES string of the molecule is c1ccc2nc(Oc3cnc4ncccc4c3)ncc2c1. The number of rotatable bonds is 2. The summed E-state index contributed by atoms with van der Waals surface area (Å²) in [5.74, 6) is 0.589. The van der Waals surface area contributed by atoms with Crippen LogP contribution in [-0.2, 0) is 0 Å². The van der Waals surface area contributed by atoms with Crippen LogP contribution in [0.5, 0.6) is 11.8 Å². The van der Waals surface area contributed by atoms with Crippen LogP contribution in [0, 0.1) is 0 Å². The lowest BCUT2D eigenvalue weighted by atomic mass is 10.2. The average molecular weight is 274 g/mol. The largest absolute Gasteiger partial charge is 0.423 e. The topological polar surface area (TPSA) is 60.8 Å². The molecule has 0 aliphatic rings. The highest BCUT2D eigenvalue weighted by atomic mass is 16.5. The highest BCUT2D eigenvalue weighted by Gasteiger charge is 2.04. The second kappa shape index (κ2) is 4.79. The minimum absolute atomic E-state index is 0.304. The molecule has 0 amide bonds. The van der Waals surface area contributed by atoms with Gasteiger partial charge in [0, 0.05) is 23.2 Å². The molecule has 100 valence electrons. The van der Waals surface area contributed by atoms with Crippen molar-refractivity contribution in [2.75, 3.05) is 0 Å². The fourth-order valence-corrected chi connectivity index (χ4v) is 2.11. The molecule has 0 spiro atoms. The zero-order valence-electron chi connectivity index (χ0n) is 11.0. The van der Waals surface area contributed by atoms with Gasteiger partial charge in [0.25, 0.3) is 0 Å². The van der Waals surface area contributed by atoms with E-state index < -0.39 is 0 Å². The van der Waals surface area contributed by atoms with Crippen molar-refractivity contribution >= 4 is 21.9 Å². The van der Waals surface area contributed by atoms with Gasteiger partial charge in [-0.3, -0.25) is 0 Å². The Balaban J connectivity index is 1.71. The van der Waals surface area contributed by atoms with Crippen molar-refractivity contribution in [3.05, 3.63) is 61.1 Å². The van der Waals surface area contributed by atoms with Gasteiger partial charge in [0.2, 0.25) is 0 Å². The van der Waals surface area contributed by atoms with Gasteiger partial charge in [-0.25, -0.2) is 15.0 Å². The summed E-state index contributed by atoms with van der Waals surface area (Å²) < 4.78 is 5.68. The highest BCUT2D eigenvalue weighted by Crippen LogP contribution is 2.22. The van der Waals surface area contributed by atoms with Gasteiger partial charge in [-0.15, -0.1) is 0 Å². The van der Waals surface area contributed by atoms with Gasteiger partial charge >= 0.3 is 6.01 Å². The highest BCUT2D eigenvalue weighted by molar-refractivity contribution is 5.78. The summed E-state index contributed by atoms with van der Waals surface area (Å²) in [4.78, 5) is 17.0. The van der Waals surface area contributed by atoms with Crippen molar-refractivity contribution in [1.82, 2.24) is 19.9 Å². The third-order valence-corrected chi connectivity index (χ3v) is 3.10. The summed E-state index contributed by atoms with van der Waals surface area (Å²) in [5, 5.41) is 1.89. The molecule has 4 aromatic rings. The summed E-state index contributed by atoms with van der Waals surface area (Å²) in [5.41, 5.74) is 1.53. The standard InChI is InChI=1S/C16H10N4O/c1-2-6-14-12(4-1)9-19-16(20-14)21-13-8-11-5-3-7-17-15(11)18-10-13/h1-10H. The van der Waals surface area contributed by atoms with E-state index in [1.54, 1.807) is 18.6 Å². The molecule has 0 atom stereocenters. The summed E-state index contributed by atoms with van der Waals surface area (Å²) in [6, 6.07) is 13.7. The maximum Gasteiger partial charge on any atom is 0.322 e. The Bertz CT molecular complexity index is 862. The van der Waals surface area contributed by atoms with E-state index in [0.717, 1.165) is 16.3 Å². The zero-order chi connectivity index (χ0) is 14.1. The van der Waals surface area contributed by atoms with E-state index in [9.17, 15) is 0 Å². The molecule has 3 aromatic heterocycles. The minimum Gasteiger partial charge on any atom is -0.423 e. The van der Waals surface area contributed by atoms with E-state index in [1.807, 2.05) is 42.5 Å². The van der Waals surface area contributed by atoms with E-state index in [0.29, 0.717) is 17.4 Å².